The second kappa shape index (κ2) is 40.9. The number of halogens is 4. The molecule has 0 heterocycles. The Bertz CT molecular complexity index is 11.5. The molecule has 0 nitrogen and oxygen atoms in total. The van der Waals surface area contributed by atoms with Crippen molar-refractivity contribution in [2.45, 2.75) is 0 Å². The molecule has 0 saturated heterocycles. The largest absolute Gasteiger partial charge is 0.0425 e. The van der Waals surface area contributed by atoms with E-state index in [1.165, 1.54) is 0 Å². The van der Waals surface area contributed by atoms with Gasteiger partial charge in [0.05, 0.1) is 0 Å². The van der Waals surface area contributed by atoms with Crippen molar-refractivity contribution in [3.05, 3.63) is 0 Å². The van der Waals surface area contributed by atoms with Crippen LogP contribution in [0, 0.1) is 0 Å². The van der Waals surface area contributed by atoms with Gasteiger partial charge in [0.1, 0.15) is 0 Å². The molecular formula is Ag2BrCl2I. The number of hydrogen-bond donors (Lipinski definition) is 0. The maximum absolute atomic E-state index is 4.61. The number of rotatable bonds is 0. The third kappa shape index (κ3) is 26.7. The number of hydrogen-bond acceptors (Lipinski definition) is 0. The van der Waals surface area contributed by atoms with Gasteiger partial charge in [0.15, 0.2) is 0 Å². The Kier molecular flexibility index (Phi) is 156. The van der Waals surface area contributed by atoms with E-state index in [1.54, 1.807) is 21.5 Å². The zero-order chi connectivity index (χ0) is 4.00. The molecule has 6 heavy (non-hydrogen) atoms. The van der Waals surface area contributed by atoms with Crippen molar-refractivity contribution in [3.63, 3.8) is 0 Å². The molecular weight excluding hydrogens is 493 g/mol. The third-order valence-corrected chi connectivity index (χ3v) is 0. The summed E-state index contributed by atoms with van der Waals surface area (Å²) in [6.07, 6.45) is 0. The molecule has 0 aromatic rings. The minimum Gasteiger partial charge on any atom is -0.0425 e. The Morgan fingerprint density at radius 2 is 1.00 bits per heavy atom. The van der Waals surface area contributed by atoms with E-state index in [0.29, 0.717) is 0 Å². The Morgan fingerprint density at radius 1 is 1.00 bits per heavy atom. The summed E-state index contributed by atoms with van der Waals surface area (Å²) >= 11 is 4.03. The molecule has 0 aliphatic carbocycles. The average Bonchev–Trinajstić information content (AvgIpc) is 1.50. The summed E-state index contributed by atoms with van der Waals surface area (Å²) in [6.45, 7) is 0. The molecule has 6 heteroatoms. The Balaban J connectivity index is -0.00000000500. The van der Waals surface area contributed by atoms with Gasteiger partial charge in [0, 0.05) is 81.2 Å². The Hall–Kier alpha value is 3.27. The van der Waals surface area contributed by atoms with Crippen LogP contribution in [-0.4, -0.2) is 0 Å². The van der Waals surface area contributed by atoms with E-state index in [4.69, 9.17) is 0 Å². The first-order valence-electron chi connectivity index (χ1n) is 0.286. The smallest absolute Gasteiger partial charge is 0.0425 e. The molecule has 0 spiro atoms. The van der Waals surface area contributed by atoms with E-state index in [2.05, 4.69) is 34.0 Å². The van der Waals surface area contributed by atoms with E-state index < -0.39 is 0 Å². The van der Waals surface area contributed by atoms with E-state index in [9.17, 15) is 0 Å². The minimum absolute atomic E-state index is 0. The molecule has 0 fully saturated rings. The molecule has 0 aromatic heterocycles. The van der Waals surface area contributed by atoms with E-state index in [0.717, 1.165) is 0 Å². The van der Waals surface area contributed by atoms with Crippen molar-refractivity contribution >= 4 is 55.5 Å². The first-order chi connectivity index (χ1) is 2.00. The maximum Gasteiger partial charge on any atom is 0.0425 e. The molecule has 0 rings (SSSR count). The van der Waals surface area contributed by atoms with Crippen LogP contribution < -0.4 is 0 Å². The minimum atomic E-state index is 0. The van der Waals surface area contributed by atoms with Crippen LogP contribution in [-0.2, 0) is 44.8 Å². The first-order valence-corrected chi connectivity index (χ1v) is 5.10. The van der Waals surface area contributed by atoms with Crippen molar-refractivity contribution < 1.29 is 44.8 Å². The van der Waals surface area contributed by atoms with Crippen molar-refractivity contribution in [2.24, 2.45) is 0 Å². The molecule has 0 unspecified atom stereocenters. The van der Waals surface area contributed by atoms with Gasteiger partial charge in [-0.15, -0.1) is 0 Å². The van der Waals surface area contributed by atoms with Gasteiger partial charge in [-0.1, -0.05) is 0 Å². The molecule has 0 amide bonds. The van der Waals surface area contributed by atoms with Gasteiger partial charge in [0.25, 0.3) is 0 Å². The van der Waals surface area contributed by atoms with E-state index >= 15 is 0 Å². The van der Waals surface area contributed by atoms with Gasteiger partial charge in [-0.2, -0.15) is 0 Å². The van der Waals surface area contributed by atoms with Crippen molar-refractivity contribution in [3.8, 4) is 0 Å². The fraction of sp³-hybridized carbons (Fsp3) is 0. The second-order valence-electron chi connectivity index (χ2n) is 0. The average molecular weight is 493 g/mol. The van der Waals surface area contributed by atoms with Crippen molar-refractivity contribution in [1.29, 1.82) is 0 Å². The fourth-order valence-corrected chi connectivity index (χ4v) is 0. The quantitative estimate of drug-likeness (QED) is 0.360. The molecule has 0 aliphatic heterocycles. The third-order valence-electron chi connectivity index (χ3n) is 0. The van der Waals surface area contributed by atoms with Crippen LogP contribution in [0.1, 0.15) is 0 Å². The van der Waals surface area contributed by atoms with Crippen LogP contribution in [0.4, 0.5) is 0 Å². The van der Waals surface area contributed by atoms with Crippen LogP contribution in [0.5, 0.6) is 0 Å². The van der Waals surface area contributed by atoms with Crippen LogP contribution >= 0.6 is 55.5 Å². The van der Waals surface area contributed by atoms with Gasteiger partial charge in [0.2, 0.25) is 0 Å². The molecule has 0 bridgehead atoms. The van der Waals surface area contributed by atoms with Crippen LogP contribution in [0.2, 0.25) is 0 Å². The normalized spacial score (nSPS) is 2.00. The van der Waals surface area contributed by atoms with Crippen LogP contribution in [0.15, 0.2) is 0 Å². The summed E-state index contributed by atoms with van der Waals surface area (Å²) in [5.74, 6) is 0. The SMILES string of the molecule is ClBr.ClI.[Ag].[Ag]. The summed E-state index contributed by atoms with van der Waals surface area (Å²) in [5, 5.41) is 0. The maximum atomic E-state index is 4.61. The fourth-order valence-electron chi connectivity index (χ4n) is 0. The zero-order valence-electron chi connectivity index (χ0n) is 2.11. The molecule has 0 atom stereocenters. The summed E-state index contributed by atoms with van der Waals surface area (Å²) in [4.78, 5) is 0. The summed E-state index contributed by atoms with van der Waals surface area (Å²) < 4.78 is 0. The molecule has 0 aromatic carbocycles. The van der Waals surface area contributed by atoms with E-state index in [-0.39, 0.29) is 44.8 Å². The monoisotopic (exact) mass is 490 g/mol. The molecule has 0 saturated carbocycles. The van der Waals surface area contributed by atoms with Gasteiger partial charge in [-0.05, 0) is 19.0 Å². The molecule has 2 radical (unpaired) electrons. The predicted octanol–water partition coefficient (Wildman–Crippen LogP) is 3.11. The Morgan fingerprint density at radius 3 is 1.00 bits per heavy atom. The van der Waals surface area contributed by atoms with Crippen LogP contribution in [0.3, 0.4) is 0 Å². The van der Waals surface area contributed by atoms with E-state index in [1.807, 2.05) is 0 Å². The zero-order valence-corrected chi connectivity index (χ0v) is 10.3. The standard InChI is InChI=1S/2Ag.BrCl.ClI/c;;2*1-2. The predicted molar refractivity (Wildman–Crippen MR) is 34.7 cm³/mol. The topological polar surface area (TPSA) is 0 Å². The van der Waals surface area contributed by atoms with Crippen molar-refractivity contribution in [1.82, 2.24) is 0 Å². The molecule has 0 aliphatic rings. The van der Waals surface area contributed by atoms with Gasteiger partial charge in [-0.25, -0.2) is 0 Å². The Labute approximate surface area is 98.3 Å². The van der Waals surface area contributed by atoms with Crippen LogP contribution in [0.25, 0.3) is 0 Å². The molecule has 50 valence electrons. The van der Waals surface area contributed by atoms with Gasteiger partial charge < -0.3 is 0 Å². The summed E-state index contributed by atoms with van der Waals surface area (Å²) in [7, 11) is 9.06. The first kappa shape index (κ1) is 22.8. The summed E-state index contributed by atoms with van der Waals surface area (Å²) in [5.41, 5.74) is 0. The van der Waals surface area contributed by atoms with Crippen molar-refractivity contribution in [2.75, 3.05) is 0 Å². The molecule has 0 N–H and O–H groups in total. The summed E-state index contributed by atoms with van der Waals surface area (Å²) in [6, 6.07) is 0. The second-order valence-corrected chi connectivity index (χ2v) is 0. The van der Waals surface area contributed by atoms with Gasteiger partial charge >= 0.3 is 0 Å². The van der Waals surface area contributed by atoms with Gasteiger partial charge in [-0.3, -0.25) is 0 Å².